The third kappa shape index (κ3) is 32.7. The summed E-state index contributed by atoms with van der Waals surface area (Å²) in [6.45, 7) is 32.0. The lowest BCUT2D eigenvalue weighted by molar-refractivity contribution is -0.929. The number of halogens is 1. The summed E-state index contributed by atoms with van der Waals surface area (Å²) in [6, 6.07) is 4.97. The number of aromatic hydroxyl groups is 1. The zero-order chi connectivity index (χ0) is 38.0. The highest BCUT2D eigenvalue weighted by Crippen LogP contribution is 2.21. The van der Waals surface area contributed by atoms with Crippen molar-refractivity contribution >= 4 is 22.0 Å². The fourth-order valence-electron chi connectivity index (χ4n) is 6.12. The molecule has 0 atom stereocenters. The van der Waals surface area contributed by atoms with E-state index in [0.29, 0.717) is 0 Å². The van der Waals surface area contributed by atoms with Crippen LogP contribution in [0.1, 0.15) is 171 Å². The summed E-state index contributed by atoms with van der Waals surface area (Å²) in [5.74, 6) is 0.279. The Morgan fingerprint density at radius 1 is 0.531 bits per heavy atom. The Hall–Kier alpha value is -0.900. The van der Waals surface area contributed by atoms with Gasteiger partial charge >= 0.3 is 0 Å². The second-order valence-corrected chi connectivity index (χ2v) is 15.1. The topological polar surface area (TPSA) is 100 Å². The number of aryl methyl sites for hydroxylation is 1. The second kappa shape index (κ2) is 34.2. The van der Waals surface area contributed by atoms with Crippen LogP contribution in [0.4, 0.5) is 0 Å². The first-order valence-electron chi connectivity index (χ1n) is 20.1. The van der Waals surface area contributed by atoms with Gasteiger partial charge in [-0.25, -0.2) is 0 Å². The van der Waals surface area contributed by atoms with Crippen molar-refractivity contribution in [1.82, 2.24) is 0 Å². The SMILES string of the molecule is CCCC[N+](CCCC)(CCCC)CCCC.CCCC[N+](CCCC)(CCCC)CCCC.CCc1cc(O)ccc1Cl.O=S(=O)([O-])[O-]. The number of rotatable bonds is 25. The zero-order valence-electron chi connectivity index (χ0n) is 33.7. The van der Waals surface area contributed by atoms with E-state index in [1.165, 1.54) is 164 Å². The standard InChI is InChI=1S/2C16H36N.C8H9ClO.H2O4S/c2*1-5-9-13-17(14-10-6-2,15-11-7-3)16-12-8-4;1-2-6-5-7(10)3-4-8(6)9;1-5(2,3)4/h2*5-16H2,1-4H3;3-5,10H,2H2,1H3;(H2,1,2,3,4)/q2*+1;;/p-2. The van der Waals surface area contributed by atoms with Crippen LogP contribution in [0.5, 0.6) is 5.75 Å². The van der Waals surface area contributed by atoms with E-state index in [4.69, 9.17) is 34.2 Å². The van der Waals surface area contributed by atoms with Gasteiger partial charge in [0.25, 0.3) is 0 Å². The molecule has 9 heteroatoms. The summed E-state index contributed by atoms with van der Waals surface area (Å²) in [4.78, 5) is 0. The Morgan fingerprint density at radius 3 is 0.918 bits per heavy atom. The highest BCUT2D eigenvalue weighted by atomic mass is 35.5. The third-order valence-electron chi connectivity index (χ3n) is 9.30. The minimum Gasteiger partial charge on any atom is -0.759 e. The van der Waals surface area contributed by atoms with Crippen LogP contribution in [0.25, 0.3) is 0 Å². The van der Waals surface area contributed by atoms with Crippen molar-refractivity contribution in [1.29, 1.82) is 0 Å². The number of benzene rings is 1. The monoisotopic (exact) mass is 737 g/mol. The number of hydrogen-bond donors (Lipinski definition) is 1. The lowest BCUT2D eigenvalue weighted by Gasteiger charge is -2.39. The zero-order valence-corrected chi connectivity index (χ0v) is 35.2. The van der Waals surface area contributed by atoms with E-state index < -0.39 is 10.4 Å². The Morgan fingerprint density at radius 2 is 0.755 bits per heavy atom. The summed E-state index contributed by atoms with van der Waals surface area (Å²) < 4.78 is 36.9. The molecule has 1 aromatic carbocycles. The van der Waals surface area contributed by atoms with Crippen molar-refractivity contribution in [3.63, 3.8) is 0 Å². The highest BCUT2D eigenvalue weighted by molar-refractivity contribution is 7.79. The van der Waals surface area contributed by atoms with Gasteiger partial charge in [-0.15, -0.1) is 0 Å². The lowest BCUT2D eigenvalue weighted by Crippen LogP contribution is -2.50. The van der Waals surface area contributed by atoms with Gasteiger partial charge in [0.15, 0.2) is 0 Å². The Bertz CT molecular complexity index is 843. The van der Waals surface area contributed by atoms with Gasteiger partial charge in [0.2, 0.25) is 0 Å². The van der Waals surface area contributed by atoms with Crippen LogP contribution in [-0.2, 0) is 16.8 Å². The summed E-state index contributed by atoms with van der Waals surface area (Å²) in [5, 5.41) is 9.73. The molecule has 1 aromatic rings. The van der Waals surface area contributed by atoms with Gasteiger partial charge in [0, 0.05) is 15.4 Å². The quantitative estimate of drug-likeness (QED) is 0.0612. The average molecular weight is 738 g/mol. The number of quaternary nitrogens is 2. The maximum Gasteiger partial charge on any atom is 0.115 e. The third-order valence-corrected chi connectivity index (χ3v) is 9.67. The molecule has 0 bridgehead atoms. The van der Waals surface area contributed by atoms with Gasteiger partial charge < -0.3 is 23.2 Å². The molecule has 0 fully saturated rings. The van der Waals surface area contributed by atoms with Gasteiger partial charge in [0.05, 0.1) is 52.4 Å². The fourth-order valence-corrected chi connectivity index (χ4v) is 6.37. The molecule has 0 aliphatic rings. The number of phenols is 1. The van der Waals surface area contributed by atoms with Gasteiger partial charge in [-0.3, -0.25) is 8.42 Å². The number of nitrogens with zero attached hydrogens (tertiary/aromatic N) is 2. The van der Waals surface area contributed by atoms with Crippen LogP contribution in [0.15, 0.2) is 18.2 Å². The molecule has 0 aromatic heterocycles. The van der Waals surface area contributed by atoms with E-state index in [1.807, 2.05) is 6.92 Å². The molecule has 0 heterocycles. The molecule has 294 valence electrons. The predicted octanol–water partition coefficient (Wildman–Crippen LogP) is 11.3. The Labute approximate surface area is 311 Å². The summed E-state index contributed by atoms with van der Waals surface area (Å²) in [5.41, 5.74) is 0.988. The van der Waals surface area contributed by atoms with E-state index in [-0.39, 0.29) is 5.75 Å². The molecule has 49 heavy (non-hydrogen) atoms. The van der Waals surface area contributed by atoms with E-state index >= 15 is 0 Å². The van der Waals surface area contributed by atoms with Crippen molar-refractivity contribution < 1.29 is 31.6 Å². The first kappa shape index (κ1) is 52.5. The number of unbranched alkanes of at least 4 members (excludes halogenated alkanes) is 8. The number of phenolic OH excluding ortho intramolecular Hbond substituents is 1. The van der Waals surface area contributed by atoms with Crippen LogP contribution in [0.2, 0.25) is 5.02 Å². The molecule has 0 amide bonds. The van der Waals surface area contributed by atoms with E-state index in [2.05, 4.69) is 55.4 Å². The van der Waals surface area contributed by atoms with Crippen LogP contribution < -0.4 is 0 Å². The molecule has 0 aliphatic heterocycles. The van der Waals surface area contributed by atoms with Crippen molar-refractivity contribution in [3.05, 3.63) is 28.8 Å². The fraction of sp³-hybridized carbons (Fsp3) is 0.850. The molecular weight excluding hydrogens is 656 g/mol. The minimum absolute atomic E-state index is 0.279. The first-order valence-corrected chi connectivity index (χ1v) is 21.8. The molecule has 0 spiro atoms. The van der Waals surface area contributed by atoms with Crippen molar-refractivity contribution in [2.45, 2.75) is 171 Å². The lowest BCUT2D eigenvalue weighted by atomic mass is 10.1. The van der Waals surface area contributed by atoms with Crippen molar-refractivity contribution in [3.8, 4) is 5.75 Å². The summed E-state index contributed by atoms with van der Waals surface area (Å²) in [7, 11) is -5.17. The van der Waals surface area contributed by atoms with Gasteiger partial charge in [-0.05, 0) is 81.5 Å². The smallest absolute Gasteiger partial charge is 0.115 e. The molecule has 0 saturated heterocycles. The highest BCUT2D eigenvalue weighted by Gasteiger charge is 2.25. The maximum atomic E-state index is 9.01. The molecule has 0 saturated carbocycles. The molecule has 0 unspecified atom stereocenters. The molecular formula is C40H81ClN2O5S. The Balaban J connectivity index is -0.000000620. The van der Waals surface area contributed by atoms with E-state index in [0.717, 1.165) is 17.0 Å². The maximum absolute atomic E-state index is 9.01. The molecule has 0 radical (unpaired) electrons. The van der Waals surface area contributed by atoms with E-state index in [1.54, 1.807) is 18.2 Å². The first-order chi connectivity index (χ1) is 23.2. The van der Waals surface area contributed by atoms with Crippen molar-refractivity contribution in [2.75, 3.05) is 52.4 Å². The van der Waals surface area contributed by atoms with Crippen LogP contribution in [0, 0.1) is 0 Å². The van der Waals surface area contributed by atoms with Crippen LogP contribution >= 0.6 is 11.6 Å². The van der Waals surface area contributed by atoms with Crippen LogP contribution in [-0.4, -0.2) is 84.0 Å². The summed E-state index contributed by atoms with van der Waals surface area (Å²) in [6.07, 6.45) is 23.0. The second-order valence-electron chi connectivity index (χ2n) is 13.8. The van der Waals surface area contributed by atoms with Gasteiger partial charge in [0.1, 0.15) is 5.75 Å². The normalized spacial score (nSPS) is 11.5. The summed E-state index contributed by atoms with van der Waals surface area (Å²) >= 11 is 5.79. The van der Waals surface area contributed by atoms with Crippen LogP contribution in [0.3, 0.4) is 0 Å². The molecule has 0 aliphatic carbocycles. The van der Waals surface area contributed by atoms with Gasteiger partial charge in [-0.1, -0.05) is 125 Å². The molecule has 7 nitrogen and oxygen atoms in total. The molecule has 1 N–H and O–H groups in total. The average Bonchev–Trinajstić information content (AvgIpc) is 3.08. The van der Waals surface area contributed by atoms with Crippen molar-refractivity contribution in [2.24, 2.45) is 0 Å². The Kier molecular flexibility index (Phi) is 36.6. The predicted molar refractivity (Wildman–Crippen MR) is 212 cm³/mol. The largest absolute Gasteiger partial charge is 0.759 e. The minimum atomic E-state index is -5.17. The van der Waals surface area contributed by atoms with Gasteiger partial charge in [-0.2, -0.15) is 0 Å². The van der Waals surface area contributed by atoms with E-state index in [9.17, 15) is 0 Å². The molecule has 1 rings (SSSR count). The number of hydrogen-bond acceptors (Lipinski definition) is 5.